The van der Waals surface area contributed by atoms with Gasteiger partial charge in [0, 0.05) is 17.1 Å². The van der Waals surface area contributed by atoms with Crippen LogP contribution in [0.4, 0.5) is 0 Å². The normalized spacial score (nSPS) is 11.1. The number of nitrogens with zero attached hydrogens (tertiary/aromatic N) is 3. The number of aromatic nitrogens is 3. The number of carbonyl (C=O) groups excluding carboxylic acids is 1. The van der Waals surface area contributed by atoms with Crippen molar-refractivity contribution < 1.29 is 13.9 Å². The van der Waals surface area contributed by atoms with Crippen LogP contribution in [0.2, 0.25) is 5.15 Å². The Labute approximate surface area is 151 Å². The molecule has 3 aromatic heterocycles. The van der Waals surface area contributed by atoms with Crippen molar-refractivity contribution >= 4 is 33.9 Å². The Balaban J connectivity index is 1.54. The molecule has 1 aromatic carbocycles. The zero-order chi connectivity index (χ0) is 17.4. The molecule has 0 aliphatic carbocycles. The monoisotopic (exact) mass is 373 g/mol. The minimum Gasteiger partial charge on any atom is -0.454 e. The number of hydrogen-bond acceptors (Lipinski definition) is 6. The van der Waals surface area contributed by atoms with Crippen molar-refractivity contribution in [3.05, 3.63) is 64.2 Å². The van der Waals surface area contributed by atoms with Crippen LogP contribution < -0.4 is 0 Å². The van der Waals surface area contributed by atoms with E-state index in [1.807, 2.05) is 35.7 Å². The topological polar surface area (TPSA) is 69.6 Å². The molecule has 0 unspecified atom stereocenters. The molecule has 0 atom stereocenters. The maximum absolute atomic E-state index is 12.4. The quantitative estimate of drug-likeness (QED) is 0.497. The Morgan fingerprint density at radius 1 is 1.32 bits per heavy atom. The van der Waals surface area contributed by atoms with E-state index in [4.69, 9.17) is 20.8 Å². The van der Waals surface area contributed by atoms with E-state index in [9.17, 15) is 4.79 Å². The second-order valence-electron chi connectivity index (χ2n) is 5.27. The lowest BCUT2D eigenvalue weighted by Crippen LogP contribution is -2.09. The number of oxazole rings is 1. The van der Waals surface area contributed by atoms with E-state index in [1.165, 1.54) is 11.3 Å². The molecule has 4 aromatic rings. The smallest absolute Gasteiger partial charge is 0.359 e. The average Bonchev–Trinajstić information content (AvgIpc) is 3.28. The highest BCUT2D eigenvalue weighted by Crippen LogP contribution is 2.24. The maximum Gasteiger partial charge on any atom is 0.359 e. The molecule has 0 saturated heterocycles. The highest BCUT2D eigenvalue weighted by molar-refractivity contribution is 7.15. The summed E-state index contributed by atoms with van der Waals surface area (Å²) in [4.78, 5) is 21.6. The number of carbonyl (C=O) groups is 1. The van der Waals surface area contributed by atoms with E-state index in [1.54, 1.807) is 17.5 Å². The van der Waals surface area contributed by atoms with Crippen molar-refractivity contribution in [3.63, 3.8) is 0 Å². The third-order valence-electron chi connectivity index (χ3n) is 3.67. The summed E-state index contributed by atoms with van der Waals surface area (Å²) >= 11 is 7.43. The number of benzene rings is 1. The Morgan fingerprint density at radius 3 is 2.92 bits per heavy atom. The summed E-state index contributed by atoms with van der Waals surface area (Å²) in [5.41, 5.74) is 1.64. The fourth-order valence-corrected chi connectivity index (χ4v) is 3.42. The molecule has 0 fully saturated rings. The molecule has 0 spiro atoms. The van der Waals surface area contributed by atoms with Crippen LogP contribution in [0.5, 0.6) is 0 Å². The van der Waals surface area contributed by atoms with Crippen LogP contribution in [0.15, 0.2) is 46.3 Å². The summed E-state index contributed by atoms with van der Waals surface area (Å²) in [6.07, 6.45) is 1.73. The van der Waals surface area contributed by atoms with E-state index in [0.717, 1.165) is 5.56 Å². The molecule has 0 aliphatic rings. The average molecular weight is 374 g/mol. The number of aryl methyl sites for hydroxylation is 1. The summed E-state index contributed by atoms with van der Waals surface area (Å²) in [5.74, 6) is 0.540. The summed E-state index contributed by atoms with van der Waals surface area (Å²) in [6.45, 7) is 1.78. The van der Waals surface area contributed by atoms with Crippen molar-refractivity contribution in [2.45, 2.75) is 13.5 Å². The molecule has 8 heteroatoms. The van der Waals surface area contributed by atoms with Gasteiger partial charge in [-0.3, -0.25) is 4.40 Å². The van der Waals surface area contributed by atoms with Gasteiger partial charge in [-0.15, -0.1) is 11.3 Å². The van der Waals surface area contributed by atoms with Gasteiger partial charge in [-0.2, -0.15) is 0 Å². The summed E-state index contributed by atoms with van der Waals surface area (Å²) in [7, 11) is 0. The first-order valence-corrected chi connectivity index (χ1v) is 8.69. The van der Waals surface area contributed by atoms with Gasteiger partial charge in [0.15, 0.2) is 15.8 Å². The van der Waals surface area contributed by atoms with Gasteiger partial charge in [-0.05, 0) is 19.1 Å². The Kier molecular flexibility index (Phi) is 4.03. The van der Waals surface area contributed by atoms with E-state index in [2.05, 4.69) is 9.97 Å². The molecule has 4 rings (SSSR count). The lowest BCUT2D eigenvalue weighted by atomic mass is 10.2. The summed E-state index contributed by atoms with van der Waals surface area (Å²) < 4.78 is 12.6. The van der Waals surface area contributed by atoms with E-state index < -0.39 is 5.97 Å². The molecule has 0 amide bonds. The second kappa shape index (κ2) is 6.34. The minimum atomic E-state index is -0.556. The summed E-state index contributed by atoms with van der Waals surface area (Å²) in [5, 5.41) is 1.95. The Bertz CT molecular complexity index is 1050. The number of halogens is 1. The third kappa shape index (κ3) is 2.92. The van der Waals surface area contributed by atoms with Gasteiger partial charge >= 0.3 is 5.97 Å². The predicted octanol–water partition coefficient (Wildman–Crippen LogP) is 4.37. The van der Waals surface area contributed by atoms with E-state index in [0.29, 0.717) is 22.3 Å². The number of fused-ring (bicyclic) bond motifs is 1. The Morgan fingerprint density at radius 2 is 2.12 bits per heavy atom. The van der Waals surface area contributed by atoms with Crippen LogP contribution in [0.1, 0.15) is 21.9 Å². The predicted molar refractivity (Wildman–Crippen MR) is 93.9 cm³/mol. The first kappa shape index (κ1) is 15.9. The van der Waals surface area contributed by atoms with Gasteiger partial charge in [0.1, 0.15) is 18.1 Å². The fourth-order valence-electron chi connectivity index (χ4n) is 2.41. The minimum absolute atomic E-state index is 0.00526. The van der Waals surface area contributed by atoms with Crippen molar-refractivity contribution in [2.24, 2.45) is 0 Å². The molecule has 0 N–H and O–H groups in total. The molecular weight excluding hydrogens is 362 g/mol. The van der Waals surface area contributed by atoms with Gasteiger partial charge in [0.25, 0.3) is 0 Å². The highest BCUT2D eigenvalue weighted by Gasteiger charge is 2.21. The van der Waals surface area contributed by atoms with Crippen molar-refractivity contribution in [2.75, 3.05) is 0 Å². The number of hydrogen-bond donors (Lipinski definition) is 0. The first-order valence-electron chi connectivity index (χ1n) is 7.43. The van der Waals surface area contributed by atoms with Crippen LogP contribution in [-0.4, -0.2) is 20.3 Å². The van der Waals surface area contributed by atoms with Crippen LogP contribution in [0, 0.1) is 6.92 Å². The van der Waals surface area contributed by atoms with Gasteiger partial charge < -0.3 is 9.15 Å². The molecule has 6 nitrogen and oxygen atoms in total. The molecule has 25 heavy (non-hydrogen) atoms. The molecule has 0 saturated carbocycles. The zero-order valence-electron chi connectivity index (χ0n) is 13.1. The molecule has 0 bridgehead atoms. The molecule has 126 valence electrons. The Hall–Kier alpha value is -2.64. The third-order valence-corrected chi connectivity index (χ3v) is 4.69. The van der Waals surface area contributed by atoms with Gasteiger partial charge in [0.2, 0.25) is 5.89 Å². The molecule has 0 aliphatic heterocycles. The number of thiazole rings is 1. The van der Waals surface area contributed by atoms with Gasteiger partial charge in [0.05, 0.1) is 0 Å². The van der Waals surface area contributed by atoms with Crippen LogP contribution >= 0.6 is 22.9 Å². The number of esters is 1. The van der Waals surface area contributed by atoms with Crippen molar-refractivity contribution in [1.29, 1.82) is 0 Å². The fraction of sp³-hybridized carbons (Fsp3) is 0.118. The largest absolute Gasteiger partial charge is 0.454 e. The lowest BCUT2D eigenvalue weighted by molar-refractivity contribution is 0.0459. The van der Waals surface area contributed by atoms with Crippen molar-refractivity contribution in [3.8, 4) is 11.5 Å². The maximum atomic E-state index is 12.4. The molecule has 3 heterocycles. The van der Waals surface area contributed by atoms with Gasteiger partial charge in [-0.1, -0.05) is 29.8 Å². The van der Waals surface area contributed by atoms with Gasteiger partial charge in [-0.25, -0.2) is 14.8 Å². The summed E-state index contributed by atoms with van der Waals surface area (Å²) in [6, 6.07) is 9.54. The standard InChI is InChI=1S/C17H12ClN3O3S/c1-10-12(19-15(24-10)11-5-3-2-4-6-11)9-23-16(22)13-14(18)20-17-21(13)7-8-25-17/h2-8H,9H2,1H3. The number of ether oxygens (including phenoxy) is 1. The van der Waals surface area contributed by atoms with E-state index in [-0.39, 0.29) is 17.5 Å². The molecule has 0 radical (unpaired) electrons. The van der Waals surface area contributed by atoms with Crippen molar-refractivity contribution in [1.82, 2.24) is 14.4 Å². The number of imidazole rings is 1. The SMILES string of the molecule is Cc1oc(-c2ccccc2)nc1COC(=O)c1c(Cl)nc2sccn12. The van der Waals surface area contributed by atoms with Crippen LogP contribution in [0.3, 0.4) is 0 Å². The zero-order valence-corrected chi connectivity index (χ0v) is 14.7. The first-order chi connectivity index (χ1) is 12.1. The van der Waals surface area contributed by atoms with Crippen LogP contribution in [-0.2, 0) is 11.3 Å². The highest BCUT2D eigenvalue weighted by atomic mass is 35.5. The van der Waals surface area contributed by atoms with E-state index >= 15 is 0 Å². The van der Waals surface area contributed by atoms with Crippen LogP contribution in [0.25, 0.3) is 16.4 Å². The number of rotatable bonds is 4. The second-order valence-corrected chi connectivity index (χ2v) is 6.50. The lowest BCUT2D eigenvalue weighted by Gasteiger charge is -2.02. The molecular formula is C17H12ClN3O3S.